The predicted octanol–water partition coefficient (Wildman–Crippen LogP) is 2.02. The molecule has 0 radical (unpaired) electrons. The minimum absolute atomic E-state index is 0. The van der Waals surface area contributed by atoms with Crippen molar-refractivity contribution >= 4 is 28.6 Å². The molecule has 102 valence electrons. The fourth-order valence-electron chi connectivity index (χ4n) is 2.09. The molecule has 5 nitrogen and oxygen atoms in total. The monoisotopic (exact) mass is 323 g/mol. The Balaban J connectivity index is 0.00000133. The molecule has 3 heterocycles. The van der Waals surface area contributed by atoms with Gasteiger partial charge in [0.2, 0.25) is 0 Å². The molecule has 1 aromatic rings. The highest BCUT2D eigenvalue weighted by atomic mass is 79.9. The summed E-state index contributed by atoms with van der Waals surface area (Å²) >= 11 is 0. The first-order valence-corrected chi connectivity index (χ1v) is 6.00. The Morgan fingerprint density at radius 3 is 1.68 bits per heavy atom. The molecule has 0 bridgehead atoms. The Morgan fingerprint density at radius 1 is 0.842 bits per heavy atom. The molecule has 0 atom stereocenters. The third-order valence-corrected chi connectivity index (χ3v) is 3.06. The lowest BCUT2D eigenvalue weighted by molar-refractivity contribution is 0.492. The maximum Gasteiger partial charge on any atom is 0.136 e. The SMILES string of the molecule is Br.CN1C=CN(c2cccc(N3C=CN(C)C3)n2)C1. The standard InChI is InChI=1S/C13H17N5.BrH/c1-15-6-8-17(10-15)12-4-3-5-13(14-12)18-9-7-16(2)11-18;/h3-9H,10-11H2,1-2H3;1H. The Hall–Kier alpha value is -1.69. The summed E-state index contributed by atoms with van der Waals surface area (Å²) in [6.45, 7) is 1.71. The second kappa shape index (κ2) is 5.52. The van der Waals surface area contributed by atoms with Crippen LogP contribution in [0.4, 0.5) is 11.6 Å². The second-order valence-corrected chi connectivity index (χ2v) is 4.69. The number of hydrogen-bond acceptors (Lipinski definition) is 5. The van der Waals surface area contributed by atoms with E-state index >= 15 is 0 Å². The van der Waals surface area contributed by atoms with Gasteiger partial charge in [0.1, 0.15) is 11.6 Å². The van der Waals surface area contributed by atoms with Gasteiger partial charge in [0, 0.05) is 38.9 Å². The van der Waals surface area contributed by atoms with E-state index < -0.39 is 0 Å². The first-order chi connectivity index (χ1) is 8.72. The van der Waals surface area contributed by atoms with Crippen molar-refractivity contribution in [2.75, 3.05) is 37.2 Å². The fraction of sp³-hybridized carbons (Fsp3) is 0.308. The second-order valence-electron chi connectivity index (χ2n) is 4.69. The summed E-state index contributed by atoms with van der Waals surface area (Å²) in [6.07, 6.45) is 8.21. The summed E-state index contributed by atoms with van der Waals surface area (Å²) in [5, 5.41) is 0. The fourth-order valence-corrected chi connectivity index (χ4v) is 2.09. The van der Waals surface area contributed by atoms with Gasteiger partial charge in [0.25, 0.3) is 0 Å². The van der Waals surface area contributed by atoms with Crippen molar-refractivity contribution in [3.63, 3.8) is 0 Å². The highest BCUT2D eigenvalue weighted by Crippen LogP contribution is 2.22. The van der Waals surface area contributed by atoms with E-state index in [1.807, 2.05) is 12.1 Å². The Bertz CT molecular complexity index is 460. The van der Waals surface area contributed by atoms with Crippen molar-refractivity contribution in [2.24, 2.45) is 0 Å². The molecule has 0 saturated carbocycles. The Labute approximate surface area is 124 Å². The zero-order valence-corrected chi connectivity index (χ0v) is 12.8. The first-order valence-electron chi connectivity index (χ1n) is 6.00. The molecular weight excluding hydrogens is 306 g/mol. The van der Waals surface area contributed by atoms with Crippen molar-refractivity contribution in [3.05, 3.63) is 43.0 Å². The van der Waals surface area contributed by atoms with Gasteiger partial charge in [-0.3, -0.25) is 0 Å². The van der Waals surface area contributed by atoms with E-state index in [0.29, 0.717) is 0 Å². The van der Waals surface area contributed by atoms with Gasteiger partial charge in [-0.25, -0.2) is 4.98 Å². The number of pyridine rings is 1. The van der Waals surface area contributed by atoms with Gasteiger partial charge < -0.3 is 19.6 Å². The molecule has 1 aromatic heterocycles. The van der Waals surface area contributed by atoms with Gasteiger partial charge in [-0.1, -0.05) is 6.07 Å². The summed E-state index contributed by atoms with van der Waals surface area (Å²) in [7, 11) is 4.11. The molecule has 6 heteroatoms. The molecular formula is C13H18BrN5. The van der Waals surface area contributed by atoms with Crippen LogP contribution in [0.15, 0.2) is 43.0 Å². The Kier molecular flexibility index (Phi) is 3.99. The number of aromatic nitrogens is 1. The number of anilines is 2. The summed E-state index contributed by atoms with van der Waals surface area (Å²) < 4.78 is 0. The van der Waals surface area contributed by atoms with Crippen molar-refractivity contribution in [2.45, 2.75) is 0 Å². The van der Waals surface area contributed by atoms with Gasteiger partial charge >= 0.3 is 0 Å². The van der Waals surface area contributed by atoms with Crippen molar-refractivity contribution in [1.29, 1.82) is 0 Å². The number of halogens is 1. The molecule has 0 aromatic carbocycles. The van der Waals surface area contributed by atoms with E-state index in [4.69, 9.17) is 4.98 Å². The van der Waals surface area contributed by atoms with Crippen LogP contribution in [0.2, 0.25) is 0 Å². The van der Waals surface area contributed by atoms with Gasteiger partial charge in [-0.05, 0) is 12.1 Å². The molecule has 0 saturated heterocycles. The molecule has 3 rings (SSSR count). The maximum absolute atomic E-state index is 4.70. The third-order valence-electron chi connectivity index (χ3n) is 3.06. The van der Waals surface area contributed by atoms with Crippen molar-refractivity contribution in [3.8, 4) is 0 Å². The molecule has 0 unspecified atom stereocenters. The van der Waals surface area contributed by atoms with E-state index in [1.54, 1.807) is 0 Å². The molecule has 0 N–H and O–H groups in total. The number of rotatable bonds is 2. The molecule has 2 aliphatic rings. The quantitative estimate of drug-likeness (QED) is 0.829. The third kappa shape index (κ3) is 2.84. The lowest BCUT2D eigenvalue weighted by Gasteiger charge is -2.21. The van der Waals surface area contributed by atoms with Crippen LogP contribution >= 0.6 is 17.0 Å². The van der Waals surface area contributed by atoms with E-state index in [0.717, 1.165) is 25.0 Å². The van der Waals surface area contributed by atoms with Gasteiger partial charge in [0.15, 0.2) is 0 Å². The summed E-state index contributed by atoms with van der Waals surface area (Å²) in [5.74, 6) is 1.96. The predicted molar refractivity (Wildman–Crippen MR) is 83.1 cm³/mol. The lowest BCUT2D eigenvalue weighted by atomic mass is 10.4. The zero-order chi connectivity index (χ0) is 12.5. The van der Waals surface area contributed by atoms with Crippen LogP contribution in [0.5, 0.6) is 0 Å². The average Bonchev–Trinajstić information content (AvgIpc) is 2.98. The smallest absolute Gasteiger partial charge is 0.136 e. The maximum atomic E-state index is 4.70. The first kappa shape index (κ1) is 13.7. The van der Waals surface area contributed by atoms with Crippen LogP contribution in [0.1, 0.15) is 0 Å². The van der Waals surface area contributed by atoms with E-state index in [1.165, 1.54) is 0 Å². The molecule has 0 fully saturated rings. The average molecular weight is 324 g/mol. The number of hydrogen-bond donors (Lipinski definition) is 0. The van der Waals surface area contributed by atoms with Crippen molar-refractivity contribution in [1.82, 2.24) is 14.8 Å². The highest BCUT2D eigenvalue weighted by Gasteiger charge is 2.15. The minimum Gasteiger partial charge on any atom is -0.361 e. The topological polar surface area (TPSA) is 25.9 Å². The van der Waals surface area contributed by atoms with E-state index in [9.17, 15) is 0 Å². The van der Waals surface area contributed by atoms with Gasteiger partial charge in [-0.15, -0.1) is 17.0 Å². The van der Waals surface area contributed by atoms with Crippen LogP contribution in [-0.4, -0.2) is 42.2 Å². The summed E-state index contributed by atoms with van der Waals surface area (Å²) in [6, 6.07) is 6.13. The molecule has 0 aliphatic carbocycles. The minimum atomic E-state index is 0. The molecule has 19 heavy (non-hydrogen) atoms. The van der Waals surface area contributed by atoms with Crippen LogP contribution in [0.25, 0.3) is 0 Å². The van der Waals surface area contributed by atoms with E-state index in [2.05, 4.69) is 64.6 Å². The zero-order valence-electron chi connectivity index (χ0n) is 11.1. The van der Waals surface area contributed by atoms with Gasteiger partial charge in [-0.2, -0.15) is 0 Å². The Morgan fingerprint density at radius 2 is 1.32 bits per heavy atom. The van der Waals surface area contributed by atoms with Crippen molar-refractivity contribution < 1.29 is 0 Å². The van der Waals surface area contributed by atoms with Crippen LogP contribution in [-0.2, 0) is 0 Å². The van der Waals surface area contributed by atoms with Gasteiger partial charge in [0.05, 0.1) is 13.3 Å². The highest BCUT2D eigenvalue weighted by molar-refractivity contribution is 8.93. The molecule has 2 aliphatic heterocycles. The summed E-state index contributed by atoms with van der Waals surface area (Å²) in [5.41, 5.74) is 0. The largest absolute Gasteiger partial charge is 0.361 e. The summed E-state index contributed by atoms with van der Waals surface area (Å²) in [4.78, 5) is 13.2. The normalized spacial score (nSPS) is 17.4. The molecule has 0 amide bonds. The van der Waals surface area contributed by atoms with E-state index in [-0.39, 0.29) is 17.0 Å². The van der Waals surface area contributed by atoms with Crippen LogP contribution in [0, 0.1) is 0 Å². The van der Waals surface area contributed by atoms with Crippen LogP contribution in [0.3, 0.4) is 0 Å². The van der Waals surface area contributed by atoms with Crippen LogP contribution < -0.4 is 9.80 Å². The number of nitrogens with zero attached hydrogens (tertiary/aromatic N) is 5. The molecule has 0 spiro atoms. The lowest BCUT2D eigenvalue weighted by Crippen LogP contribution is -2.25.